The molecule has 0 radical (unpaired) electrons. The number of hydrogen-bond donors (Lipinski definition) is 2. The van der Waals surface area contributed by atoms with Crippen molar-refractivity contribution >= 4 is 19.3 Å². The number of aromatic hydroxyl groups is 2. The molecule has 30 heavy (non-hydrogen) atoms. The van der Waals surface area contributed by atoms with Gasteiger partial charge in [-0.2, -0.15) is 0 Å². The van der Waals surface area contributed by atoms with Crippen molar-refractivity contribution in [2.75, 3.05) is 37.4 Å². The van der Waals surface area contributed by atoms with Crippen molar-refractivity contribution in [2.24, 2.45) is 0 Å². The maximum Gasteiger partial charge on any atom is 0.332 e. The number of urea groups is 1. The molecule has 0 bridgehead atoms. The van der Waals surface area contributed by atoms with Crippen LogP contribution in [0.3, 0.4) is 0 Å². The van der Waals surface area contributed by atoms with Gasteiger partial charge >= 0.3 is 13.6 Å². The van der Waals surface area contributed by atoms with E-state index in [0.717, 1.165) is 5.69 Å². The molecule has 9 heteroatoms. The van der Waals surface area contributed by atoms with E-state index in [-0.39, 0.29) is 43.5 Å². The van der Waals surface area contributed by atoms with E-state index in [2.05, 4.69) is 0 Å². The van der Waals surface area contributed by atoms with Crippen molar-refractivity contribution < 1.29 is 28.6 Å². The van der Waals surface area contributed by atoms with E-state index < -0.39 is 13.6 Å². The van der Waals surface area contributed by atoms with Crippen LogP contribution in [0.25, 0.3) is 0 Å². The van der Waals surface area contributed by atoms with E-state index in [9.17, 15) is 19.6 Å². The molecular formula is C21H27N2O6P. The lowest BCUT2D eigenvalue weighted by Gasteiger charge is -2.26. The molecule has 2 amide bonds. The molecule has 8 nitrogen and oxygen atoms in total. The summed E-state index contributed by atoms with van der Waals surface area (Å²) in [6.07, 6.45) is 0.0401. The van der Waals surface area contributed by atoms with Gasteiger partial charge in [0.2, 0.25) is 0 Å². The highest BCUT2D eigenvalue weighted by atomic mass is 31.2. The minimum Gasteiger partial charge on any atom is -0.508 e. The van der Waals surface area contributed by atoms with Gasteiger partial charge in [-0.05, 0) is 38.1 Å². The smallest absolute Gasteiger partial charge is 0.332 e. The molecule has 162 valence electrons. The first-order valence-corrected chi connectivity index (χ1v) is 11.6. The Labute approximate surface area is 176 Å². The predicted octanol–water partition coefficient (Wildman–Crippen LogP) is 4.35. The van der Waals surface area contributed by atoms with E-state index in [1.807, 2.05) is 30.3 Å². The maximum atomic E-state index is 13.3. The lowest BCUT2D eigenvalue weighted by molar-refractivity contribution is 0.199. The second kappa shape index (κ2) is 9.51. The summed E-state index contributed by atoms with van der Waals surface area (Å²) in [7, 11) is -3.34. The molecule has 3 rings (SSSR count). The number of phenolic OH excluding ortho intramolecular Hbond substituents is 2. The number of para-hydroxylation sites is 1. The predicted molar refractivity (Wildman–Crippen MR) is 114 cm³/mol. The molecule has 1 aliphatic rings. The molecule has 1 unspecified atom stereocenters. The van der Waals surface area contributed by atoms with E-state index in [1.54, 1.807) is 29.7 Å². The molecule has 1 atom stereocenters. The van der Waals surface area contributed by atoms with Gasteiger partial charge in [0, 0.05) is 23.9 Å². The van der Waals surface area contributed by atoms with Gasteiger partial charge in [0.15, 0.2) is 0 Å². The summed E-state index contributed by atoms with van der Waals surface area (Å²) in [5.74, 6) is -0.172. The summed E-state index contributed by atoms with van der Waals surface area (Å²) in [5, 5.41) is 20.0. The fraction of sp³-hybridized carbons (Fsp3) is 0.381. The molecule has 2 aromatic carbocycles. The first kappa shape index (κ1) is 22.2. The normalized spacial score (nSPS) is 17.0. The van der Waals surface area contributed by atoms with Gasteiger partial charge < -0.3 is 24.2 Å². The van der Waals surface area contributed by atoms with E-state index in [1.165, 1.54) is 12.1 Å². The van der Waals surface area contributed by atoms with E-state index >= 15 is 0 Å². The average molecular weight is 434 g/mol. The van der Waals surface area contributed by atoms with Crippen LogP contribution in [-0.4, -0.2) is 53.6 Å². The van der Waals surface area contributed by atoms with Gasteiger partial charge in [0.05, 0.1) is 32.0 Å². The summed E-state index contributed by atoms with van der Waals surface area (Å²) in [4.78, 5) is 16.4. The zero-order valence-electron chi connectivity index (χ0n) is 17.1. The number of hydrogen-bond acceptors (Lipinski definition) is 6. The topological polar surface area (TPSA) is 99.5 Å². The number of anilines is 1. The SMILES string of the molecule is CCOP(=O)(CCN1C(=O)N(c2ccccc2)CC1c1ccc(O)cc1O)OCC. The Morgan fingerprint density at radius 1 is 1.07 bits per heavy atom. The van der Waals surface area contributed by atoms with Crippen LogP contribution in [0, 0.1) is 0 Å². The molecular weight excluding hydrogens is 407 g/mol. The number of amides is 2. The van der Waals surface area contributed by atoms with Gasteiger partial charge in [-0.15, -0.1) is 0 Å². The van der Waals surface area contributed by atoms with E-state index in [0.29, 0.717) is 12.1 Å². The Bertz CT molecular complexity index is 913. The van der Waals surface area contributed by atoms with E-state index in [4.69, 9.17) is 9.05 Å². The average Bonchev–Trinajstić information content (AvgIpc) is 3.04. The Kier molecular flexibility index (Phi) is 7.02. The van der Waals surface area contributed by atoms with Crippen LogP contribution in [0.4, 0.5) is 10.5 Å². The third-order valence-corrected chi connectivity index (χ3v) is 6.97. The molecule has 2 N–H and O–H groups in total. The lowest BCUT2D eigenvalue weighted by Crippen LogP contribution is -2.34. The van der Waals surface area contributed by atoms with Gasteiger partial charge in [-0.1, -0.05) is 18.2 Å². The number of carbonyl (C=O) groups excluding carboxylic acids is 1. The molecule has 0 spiro atoms. The molecule has 0 aliphatic carbocycles. The lowest BCUT2D eigenvalue weighted by atomic mass is 10.0. The van der Waals surface area contributed by atoms with Crippen molar-refractivity contribution in [2.45, 2.75) is 19.9 Å². The van der Waals surface area contributed by atoms with Crippen molar-refractivity contribution in [1.82, 2.24) is 4.90 Å². The third kappa shape index (κ3) is 4.78. The number of phenols is 2. The van der Waals surface area contributed by atoms with Crippen molar-refractivity contribution in [3.63, 3.8) is 0 Å². The highest BCUT2D eigenvalue weighted by molar-refractivity contribution is 7.53. The third-order valence-electron chi connectivity index (χ3n) is 4.92. The zero-order chi connectivity index (χ0) is 21.7. The van der Waals surface area contributed by atoms with Crippen molar-refractivity contribution in [3.8, 4) is 11.5 Å². The monoisotopic (exact) mass is 434 g/mol. The van der Waals surface area contributed by atoms with Crippen LogP contribution in [0.1, 0.15) is 25.5 Å². The number of rotatable bonds is 9. The van der Waals surface area contributed by atoms with Crippen molar-refractivity contribution in [1.29, 1.82) is 0 Å². The quantitative estimate of drug-likeness (QED) is 0.570. The molecule has 1 fully saturated rings. The summed E-state index contributed by atoms with van der Waals surface area (Å²) < 4.78 is 23.6. The molecule has 0 saturated carbocycles. The fourth-order valence-electron chi connectivity index (χ4n) is 3.58. The molecule has 1 saturated heterocycles. The first-order chi connectivity index (χ1) is 14.4. The highest BCUT2D eigenvalue weighted by Gasteiger charge is 2.41. The first-order valence-electron chi connectivity index (χ1n) is 9.91. The molecule has 1 aliphatic heterocycles. The zero-order valence-corrected chi connectivity index (χ0v) is 18.0. The summed E-state index contributed by atoms with van der Waals surface area (Å²) in [5.41, 5.74) is 1.23. The van der Waals surface area contributed by atoms with Crippen LogP contribution in [-0.2, 0) is 13.6 Å². The van der Waals surface area contributed by atoms with Crippen LogP contribution < -0.4 is 4.90 Å². The second-order valence-corrected chi connectivity index (χ2v) is 9.04. The van der Waals surface area contributed by atoms with Crippen molar-refractivity contribution in [3.05, 3.63) is 54.1 Å². The molecule has 2 aromatic rings. The number of carbonyl (C=O) groups is 1. The highest BCUT2D eigenvalue weighted by Crippen LogP contribution is 2.48. The Morgan fingerprint density at radius 3 is 2.33 bits per heavy atom. The second-order valence-electron chi connectivity index (χ2n) is 6.85. The maximum absolute atomic E-state index is 13.3. The summed E-state index contributed by atoms with van der Waals surface area (Å²) in [6.45, 7) is 4.38. The van der Waals surface area contributed by atoms with Gasteiger partial charge in [0.25, 0.3) is 0 Å². The number of benzene rings is 2. The van der Waals surface area contributed by atoms with Gasteiger partial charge in [-0.3, -0.25) is 9.46 Å². The minimum atomic E-state index is -3.34. The van der Waals surface area contributed by atoms with Crippen LogP contribution >= 0.6 is 7.60 Å². The van der Waals surface area contributed by atoms with Gasteiger partial charge in [-0.25, -0.2) is 4.79 Å². The van der Waals surface area contributed by atoms with Crippen LogP contribution in [0.5, 0.6) is 11.5 Å². The summed E-state index contributed by atoms with van der Waals surface area (Å²) in [6, 6.07) is 12.8. The van der Waals surface area contributed by atoms with Gasteiger partial charge in [0.1, 0.15) is 11.5 Å². The Hall–Kier alpha value is -2.54. The summed E-state index contributed by atoms with van der Waals surface area (Å²) >= 11 is 0. The van der Waals surface area contributed by atoms with Crippen LogP contribution in [0.15, 0.2) is 48.5 Å². The Balaban J connectivity index is 1.91. The Morgan fingerprint density at radius 2 is 1.73 bits per heavy atom. The largest absolute Gasteiger partial charge is 0.508 e. The fourth-order valence-corrected chi connectivity index (χ4v) is 5.16. The standard InChI is InChI=1S/C21H27N2O6P/c1-3-28-30(27,29-4-2)13-12-22-19(18-11-10-17(24)14-20(18)25)15-23(21(22)26)16-8-6-5-7-9-16/h5-11,14,19,24-25H,3-4,12-13,15H2,1-2H3. The molecule has 0 aromatic heterocycles. The van der Waals surface area contributed by atoms with Crippen LogP contribution in [0.2, 0.25) is 0 Å². The number of nitrogens with zero attached hydrogens (tertiary/aromatic N) is 2. The minimum absolute atomic E-state index is 0.0401. The molecule has 1 heterocycles.